The molecule has 0 heterocycles. The van der Waals surface area contributed by atoms with E-state index in [1.807, 2.05) is 0 Å². The van der Waals surface area contributed by atoms with E-state index < -0.39 is 0 Å². The van der Waals surface area contributed by atoms with Gasteiger partial charge in [-0.3, -0.25) is 0 Å². The third kappa shape index (κ3) is 2.17. The Kier molecular flexibility index (Phi) is 3.34. The van der Waals surface area contributed by atoms with Crippen LogP contribution in [0.25, 0.3) is 0 Å². The number of nitrogens with one attached hydrogen (secondary N) is 1. The maximum absolute atomic E-state index is 3.39. The maximum atomic E-state index is 3.39. The van der Waals surface area contributed by atoms with Crippen LogP contribution in [-0.2, 0) is 0 Å². The first kappa shape index (κ1) is 9.01. The van der Waals surface area contributed by atoms with Gasteiger partial charge in [0.2, 0.25) is 0 Å². The fourth-order valence-corrected chi connectivity index (χ4v) is 2.07. The van der Waals surface area contributed by atoms with Crippen molar-refractivity contribution in [1.29, 1.82) is 0 Å². The predicted octanol–water partition coefficient (Wildman–Crippen LogP) is 1.08. The molecule has 0 aromatic rings. The van der Waals surface area contributed by atoms with E-state index in [9.17, 15) is 0 Å². The van der Waals surface area contributed by atoms with Gasteiger partial charge in [0, 0.05) is 12.1 Å². The molecule has 66 valence electrons. The van der Waals surface area contributed by atoms with Crippen LogP contribution in [0.1, 0.15) is 25.7 Å². The zero-order valence-corrected chi connectivity index (χ0v) is 7.93. The number of nitrogens with zero attached hydrogens (tertiary/aromatic N) is 1. The summed E-state index contributed by atoms with van der Waals surface area (Å²) in [5.74, 6) is 0. The lowest BCUT2D eigenvalue weighted by atomic mass is 9.90. The normalized spacial score (nSPS) is 32.7. The molecular formula is C9H20N2. The molecule has 0 aromatic carbocycles. The minimum Gasteiger partial charge on any atom is -0.315 e. The van der Waals surface area contributed by atoms with E-state index in [2.05, 4.69) is 31.4 Å². The Morgan fingerprint density at radius 1 is 1.18 bits per heavy atom. The summed E-state index contributed by atoms with van der Waals surface area (Å²) in [7, 11) is 6.44. The Bertz CT molecular complexity index is 112. The first-order valence-corrected chi connectivity index (χ1v) is 4.59. The molecule has 0 spiro atoms. The third-order valence-electron chi connectivity index (χ3n) is 2.76. The van der Waals surface area contributed by atoms with Gasteiger partial charge in [-0.2, -0.15) is 0 Å². The Morgan fingerprint density at radius 3 is 2.27 bits per heavy atom. The van der Waals surface area contributed by atoms with E-state index in [1.54, 1.807) is 0 Å². The van der Waals surface area contributed by atoms with E-state index in [0.717, 1.165) is 12.1 Å². The molecule has 1 N–H and O–H groups in total. The molecule has 0 aromatic heterocycles. The molecule has 0 aliphatic heterocycles. The number of likely N-dealkylation sites (N-methyl/N-ethyl adjacent to an activating group) is 2. The van der Waals surface area contributed by atoms with Crippen LogP contribution in [0.3, 0.4) is 0 Å². The van der Waals surface area contributed by atoms with Crippen LogP contribution in [0.2, 0.25) is 0 Å². The summed E-state index contributed by atoms with van der Waals surface area (Å²) in [4.78, 5) is 2.35. The number of rotatable bonds is 2. The molecule has 1 fully saturated rings. The highest BCUT2D eigenvalue weighted by Gasteiger charge is 2.24. The van der Waals surface area contributed by atoms with Gasteiger partial charge in [0.15, 0.2) is 0 Å². The zero-order chi connectivity index (χ0) is 8.27. The van der Waals surface area contributed by atoms with E-state index in [1.165, 1.54) is 25.7 Å². The van der Waals surface area contributed by atoms with Crippen LogP contribution in [0.5, 0.6) is 0 Å². The molecule has 1 aliphatic carbocycles. The van der Waals surface area contributed by atoms with Crippen LogP contribution in [0, 0.1) is 0 Å². The predicted molar refractivity (Wildman–Crippen MR) is 48.8 cm³/mol. The average molecular weight is 156 g/mol. The van der Waals surface area contributed by atoms with Gasteiger partial charge >= 0.3 is 0 Å². The second kappa shape index (κ2) is 4.07. The Labute approximate surface area is 70.0 Å². The van der Waals surface area contributed by atoms with Crippen LogP contribution in [0.4, 0.5) is 0 Å². The van der Waals surface area contributed by atoms with Gasteiger partial charge in [-0.1, -0.05) is 12.8 Å². The second-order valence-corrected chi connectivity index (χ2v) is 3.71. The summed E-state index contributed by atoms with van der Waals surface area (Å²) in [6, 6.07) is 1.48. The summed E-state index contributed by atoms with van der Waals surface area (Å²) in [6.45, 7) is 0. The van der Waals surface area contributed by atoms with Crippen molar-refractivity contribution in [2.45, 2.75) is 37.8 Å². The Hall–Kier alpha value is -0.0800. The number of hydrogen-bond donors (Lipinski definition) is 1. The van der Waals surface area contributed by atoms with Gasteiger partial charge < -0.3 is 10.2 Å². The lowest BCUT2D eigenvalue weighted by Gasteiger charge is -2.35. The summed E-state index contributed by atoms with van der Waals surface area (Å²) >= 11 is 0. The van der Waals surface area contributed by atoms with Crippen LogP contribution >= 0.6 is 0 Å². The summed E-state index contributed by atoms with van der Waals surface area (Å²) in [5, 5.41) is 3.39. The monoisotopic (exact) mass is 156 g/mol. The zero-order valence-electron chi connectivity index (χ0n) is 7.93. The van der Waals surface area contributed by atoms with Crippen molar-refractivity contribution in [2.24, 2.45) is 0 Å². The molecule has 2 heteroatoms. The minimum atomic E-state index is 0.721. The van der Waals surface area contributed by atoms with Crippen LogP contribution < -0.4 is 5.32 Å². The van der Waals surface area contributed by atoms with Crippen molar-refractivity contribution < 1.29 is 0 Å². The molecule has 11 heavy (non-hydrogen) atoms. The largest absolute Gasteiger partial charge is 0.315 e. The van der Waals surface area contributed by atoms with E-state index in [4.69, 9.17) is 0 Å². The van der Waals surface area contributed by atoms with Crippen LogP contribution in [-0.4, -0.2) is 38.1 Å². The smallest absolute Gasteiger partial charge is 0.0243 e. The minimum absolute atomic E-state index is 0.721. The Balaban J connectivity index is 2.44. The van der Waals surface area contributed by atoms with Gasteiger partial charge in [-0.15, -0.1) is 0 Å². The molecule has 2 atom stereocenters. The van der Waals surface area contributed by atoms with Crippen molar-refractivity contribution in [1.82, 2.24) is 10.2 Å². The highest BCUT2D eigenvalue weighted by molar-refractivity contribution is 4.84. The molecule has 0 amide bonds. The molecule has 0 radical (unpaired) electrons. The molecular weight excluding hydrogens is 136 g/mol. The first-order chi connectivity index (χ1) is 5.25. The summed E-state index contributed by atoms with van der Waals surface area (Å²) in [5.41, 5.74) is 0. The van der Waals surface area contributed by atoms with Crippen molar-refractivity contribution in [3.8, 4) is 0 Å². The molecule has 1 rings (SSSR count). The van der Waals surface area contributed by atoms with E-state index >= 15 is 0 Å². The number of hydrogen-bond acceptors (Lipinski definition) is 2. The van der Waals surface area contributed by atoms with Crippen LogP contribution in [0.15, 0.2) is 0 Å². The first-order valence-electron chi connectivity index (χ1n) is 4.59. The van der Waals surface area contributed by atoms with Crippen molar-refractivity contribution >= 4 is 0 Å². The van der Waals surface area contributed by atoms with Crippen molar-refractivity contribution in [3.05, 3.63) is 0 Å². The molecule has 0 saturated heterocycles. The third-order valence-corrected chi connectivity index (χ3v) is 2.76. The molecule has 1 saturated carbocycles. The second-order valence-electron chi connectivity index (χ2n) is 3.71. The maximum Gasteiger partial charge on any atom is 0.0243 e. The highest BCUT2D eigenvalue weighted by Crippen LogP contribution is 2.20. The molecule has 0 bridgehead atoms. The fraction of sp³-hybridized carbons (Fsp3) is 1.00. The quantitative estimate of drug-likeness (QED) is 0.643. The van der Waals surface area contributed by atoms with E-state index in [-0.39, 0.29) is 0 Å². The van der Waals surface area contributed by atoms with Gasteiger partial charge in [-0.25, -0.2) is 0 Å². The SMILES string of the molecule is CN[C@H]1CCCC[C@H]1N(C)C. The summed E-state index contributed by atoms with van der Waals surface area (Å²) < 4.78 is 0. The highest BCUT2D eigenvalue weighted by atomic mass is 15.1. The van der Waals surface area contributed by atoms with Gasteiger partial charge in [-0.05, 0) is 34.0 Å². The molecule has 1 aliphatic rings. The Morgan fingerprint density at radius 2 is 1.82 bits per heavy atom. The van der Waals surface area contributed by atoms with Gasteiger partial charge in [0.05, 0.1) is 0 Å². The van der Waals surface area contributed by atoms with Gasteiger partial charge in [0.1, 0.15) is 0 Å². The standard InChI is InChI=1S/C9H20N2/c1-10-8-6-4-5-7-9(8)11(2)3/h8-10H,4-7H2,1-3H3/t8-,9+/m0/s1. The van der Waals surface area contributed by atoms with E-state index in [0.29, 0.717) is 0 Å². The van der Waals surface area contributed by atoms with Gasteiger partial charge in [0.25, 0.3) is 0 Å². The lowest BCUT2D eigenvalue weighted by Crippen LogP contribution is -2.47. The lowest BCUT2D eigenvalue weighted by molar-refractivity contribution is 0.183. The summed E-state index contributed by atoms with van der Waals surface area (Å²) in [6.07, 6.45) is 5.51. The average Bonchev–Trinajstić information content (AvgIpc) is 2.04. The van der Waals surface area contributed by atoms with Crippen molar-refractivity contribution in [3.63, 3.8) is 0 Å². The molecule has 2 nitrogen and oxygen atoms in total. The topological polar surface area (TPSA) is 15.3 Å². The fourth-order valence-electron chi connectivity index (χ4n) is 2.07. The molecule has 0 unspecified atom stereocenters. The van der Waals surface area contributed by atoms with Crippen molar-refractivity contribution in [2.75, 3.05) is 21.1 Å².